The fraction of sp³-hybridized carbons (Fsp3) is 0.375. The number of fused-ring (bicyclic) bond motifs is 1. The van der Waals surface area contributed by atoms with Crippen LogP contribution in [0.1, 0.15) is 24.7 Å². The van der Waals surface area contributed by atoms with Crippen molar-refractivity contribution in [2.45, 2.75) is 31.3 Å². The van der Waals surface area contributed by atoms with Crippen LogP contribution < -0.4 is 14.8 Å². The van der Waals surface area contributed by atoms with Crippen LogP contribution in [0.2, 0.25) is 5.02 Å². The summed E-state index contributed by atoms with van der Waals surface area (Å²) in [5, 5.41) is 6.87. The third-order valence-electron chi connectivity index (χ3n) is 3.48. The van der Waals surface area contributed by atoms with Gasteiger partial charge in [0, 0.05) is 11.8 Å². The molecule has 0 saturated carbocycles. The summed E-state index contributed by atoms with van der Waals surface area (Å²) in [6, 6.07) is 5.42. The van der Waals surface area contributed by atoms with E-state index in [1.165, 1.54) is 11.8 Å². The van der Waals surface area contributed by atoms with Crippen molar-refractivity contribution in [2.24, 2.45) is 0 Å². The molecule has 8 heteroatoms. The summed E-state index contributed by atoms with van der Waals surface area (Å²) in [5.41, 5.74) is 0.984. The van der Waals surface area contributed by atoms with Gasteiger partial charge in [-0.25, -0.2) is 0 Å². The Labute approximate surface area is 148 Å². The number of anilines is 1. The van der Waals surface area contributed by atoms with Crippen molar-refractivity contribution in [3.63, 3.8) is 0 Å². The molecule has 0 unspecified atom stereocenters. The maximum atomic E-state index is 12.3. The predicted octanol–water partition coefficient (Wildman–Crippen LogP) is 4.02. The topological polar surface area (TPSA) is 73.6 Å². The number of aryl methyl sites for hydroxylation is 1. The number of hydrogen-bond donors (Lipinski definition) is 1. The monoisotopic (exact) mass is 368 g/mol. The van der Waals surface area contributed by atoms with Crippen molar-refractivity contribution in [2.75, 3.05) is 12.1 Å². The number of halogens is 1. The van der Waals surface area contributed by atoms with Gasteiger partial charge in [-0.3, -0.25) is 4.79 Å². The minimum atomic E-state index is -0.203. The van der Waals surface area contributed by atoms with E-state index in [2.05, 4.69) is 10.5 Å². The standard InChI is InChI=1S/C16H17ClN2O4S/c1-3-13(16(20)18-14-4-9(2)23-19-14)24-7-10-5-11(17)15-12(6-10)21-8-22-15/h4-6,13H,3,7-8H2,1-2H3,(H,18,19,20)/t13-/m0/s1. The molecule has 1 amide bonds. The molecule has 1 atom stereocenters. The quantitative estimate of drug-likeness (QED) is 0.830. The molecule has 1 aromatic heterocycles. The van der Waals surface area contributed by atoms with Gasteiger partial charge in [-0.15, -0.1) is 11.8 Å². The van der Waals surface area contributed by atoms with Gasteiger partial charge in [0.1, 0.15) is 5.76 Å². The van der Waals surface area contributed by atoms with Crippen LogP contribution in [0.25, 0.3) is 0 Å². The second-order valence-electron chi connectivity index (χ2n) is 5.33. The lowest BCUT2D eigenvalue weighted by molar-refractivity contribution is -0.115. The Hall–Kier alpha value is -1.86. The Morgan fingerprint density at radius 3 is 2.96 bits per heavy atom. The van der Waals surface area contributed by atoms with Gasteiger partial charge in [0.05, 0.1) is 10.3 Å². The number of rotatable bonds is 6. The van der Waals surface area contributed by atoms with Gasteiger partial charge in [0.2, 0.25) is 12.7 Å². The van der Waals surface area contributed by atoms with Crippen molar-refractivity contribution in [1.29, 1.82) is 0 Å². The fourth-order valence-corrected chi connectivity index (χ4v) is 3.61. The molecule has 1 aromatic carbocycles. The van der Waals surface area contributed by atoms with E-state index < -0.39 is 0 Å². The van der Waals surface area contributed by atoms with Crippen molar-refractivity contribution in [3.05, 3.63) is 34.5 Å². The van der Waals surface area contributed by atoms with Gasteiger partial charge in [-0.05, 0) is 31.0 Å². The Balaban J connectivity index is 1.61. The number of ether oxygens (including phenoxy) is 2. The molecule has 1 aliphatic rings. The Bertz CT molecular complexity index is 750. The first kappa shape index (κ1) is 17.0. The number of carbonyl (C=O) groups excluding carboxylic acids is 1. The highest BCUT2D eigenvalue weighted by molar-refractivity contribution is 7.99. The lowest BCUT2D eigenvalue weighted by Crippen LogP contribution is -2.24. The highest BCUT2D eigenvalue weighted by Crippen LogP contribution is 2.40. The lowest BCUT2D eigenvalue weighted by atomic mass is 10.2. The zero-order chi connectivity index (χ0) is 17.1. The van der Waals surface area contributed by atoms with Crippen molar-refractivity contribution >= 4 is 35.1 Å². The summed E-state index contributed by atoms with van der Waals surface area (Å²) in [4.78, 5) is 12.3. The second kappa shape index (κ2) is 7.36. The largest absolute Gasteiger partial charge is 0.454 e. The number of aromatic nitrogens is 1. The normalized spacial score (nSPS) is 13.8. The number of nitrogens with zero attached hydrogens (tertiary/aromatic N) is 1. The third kappa shape index (κ3) is 3.79. The first-order chi connectivity index (χ1) is 11.6. The molecule has 0 saturated heterocycles. The molecule has 1 N–H and O–H groups in total. The number of carbonyl (C=O) groups is 1. The van der Waals surface area contributed by atoms with Crippen LogP contribution >= 0.6 is 23.4 Å². The maximum absolute atomic E-state index is 12.3. The fourth-order valence-electron chi connectivity index (χ4n) is 2.31. The molecule has 2 aromatic rings. The molecule has 0 spiro atoms. The van der Waals surface area contributed by atoms with Gasteiger partial charge >= 0.3 is 0 Å². The second-order valence-corrected chi connectivity index (χ2v) is 6.93. The number of thioether (sulfide) groups is 1. The highest BCUT2D eigenvalue weighted by atomic mass is 35.5. The van der Waals surface area contributed by atoms with Gasteiger partial charge in [0.15, 0.2) is 17.3 Å². The van der Waals surface area contributed by atoms with Crippen LogP contribution in [0.4, 0.5) is 5.82 Å². The summed E-state index contributed by atoms with van der Waals surface area (Å²) >= 11 is 7.72. The van der Waals surface area contributed by atoms with Gasteiger partial charge < -0.3 is 19.3 Å². The summed E-state index contributed by atoms with van der Waals surface area (Å²) in [7, 11) is 0. The van der Waals surface area contributed by atoms with E-state index in [4.69, 9.17) is 25.6 Å². The summed E-state index contributed by atoms with van der Waals surface area (Å²) in [6.07, 6.45) is 0.700. The molecule has 0 radical (unpaired) electrons. The van der Waals surface area contributed by atoms with Crippen LogP contribution in [-0.4, -0.2) is 23.1 Å². The number of amides is 1. The molecule has 2 heterocycles. The zero-order valence-corrected chi connectivity index (χ0v) is 14.9. The van der Waals surface area contributed by atoms with Crippen LogP contribution in [-0.2, 0) is 10.5 Å². The smallest absolute Gasteiger partial charge is 0.238 e. The van der Waals surface area contributed by atoms with E-state index in [0.29, 0.717) is 40.3 Å². The average Bonchev–Trinajstić information content (AvgIpc) is 3.17. The molecule has 0 fully saturated rings. The number of benzene rings is 1. The number of nitrogens with one attached hydrogen (secondary N) is 1. The van der Waals surface area contributed by atoms with Gasteiger partial charge in [-0.1, -0.05) is 23.7 Å². The minimum absolute atomic E-state index is 0.0948. The molecule has 0 bridgehead atoms. The molecular weight excluding hydrogens is 352 g/mol. The third-order valence-corrected chi connectivity index (χ3v) is 5.21. The first-order valence-electron chi connectivity index (χ1n) is 7.50. The molecule has 24 heavy (non-hydrogen) atoms. The van der Waals surface area contributed by atoms with Crippen molar-refractivity contribution < 1.29 is 18.8 Å². The molecule has 128 valence electrons. The first-order valence-corrected chi connectivity index (χ1v) is 8.93. The van der Waals surface area contributed by atoms with E-state index >= 15 is 0 Å². The van der Waals surface area contributed by atoms with E-state index in [0.717, 1.165) is 5.56 Å². The van der Waals surface area contributed by atoms with Crippen LogP contribution in [0, 0.1) is 6.92 Å². The van der Waals surface area contributed by atoms with Crippen LogP contribution in [0.5, 0.6) is 11.5 Å². The lowest BCUT2D eigenvalue weighted by Gasteiger charge is -2.14. The molecule has 3 rings (SSSR count). The SMILES string of the molecule is CC[C@H](SCc1cc(Cl)c2c(c1)OCO2)C(=O)Nc1cc(C)on1. The summed E-state index contributed by atoms with van der Waals surface area (Å²) in [6.45, 7) is 3.93. The molecule has 6 nitrogen and oxygen atoms in total. The molecule has 0 aliphatic carbocycles. The number of hydrogen-bond acceptors (Lipinski definition) is 6. The Morgan fingerprint density at radius 2 is 2.25 bits per heavy atom. The molecule has 1 aliphatic heterocycles. The summed E-state index contributed by atoms with van der Waals surface area (Å²) in [5.74, 6) is 2.86. The van der Waals surface area contributed by atoms with Crippen LogP contribution in [0.3, 0.4) is 0 Å². The minimum Gasteiger partial charge on any atom is -0.454 e. The van der Waals surface area contributed by atoms with Gasteiger partial charge in [0.25, 0.3) is 0 Å². The Kier molecular flexibility index (Phi) is 5.20. The predicted molar refractivity (Wildman–Crippen MR) is 92.8 cm³/mol. The van der Waals surface area contributed by atoms with E-state index in [1.54, 1.807) is 13.0 Å². The van der Waals surface area contributed by atoms with E-state index in [1.807, 2.05) is 19.1 Å². The van der Waals surface area contributed by atoms with E-state index in [-0.39, 0.29) is 18.0 Å². The summed E-state index contributed by atoms with van der Waals surface area (Å²) < 4.78 is 15.6. The average molecular weight is 369 g/mol. The maximum Gasteiger partial charge on any atom is 0.238 e. The highest BCUT2D eigenvalue weighted by Gasteiger charge is 2.21. The van der Waals surface area contributed by atoms with Crippen molar-refractivity contribution in [3.8, 4) is 11.5 Å². The van der Waals surface area contributed by atoms with E-state index in [9.17, 15) is 4.79 Å². The van der Waals surface area contributed by atoms with Gasteiger partial charge in [-0.2, -0.15) is 0 Å². The Morgan fingerprint density at radius 1 is 1.42 bits per heavy atom. The zero-order valence-electron chi connectivity index (χ0n) is 13.3. The van der Waals surface area contributed by atoms with Crippen molar-refractivity contribution in [1.82, 2.24) is 5.16 Å². The van der Waals surface area contributed by atoms with Crippen LogP contribution in [0.15, 0.2) is 22.7 Å². The molecular formula is C16H17ClN2O4S.